The summed E-state index contributed by atoms with van der Waals surface area (Å²) in [4.78, 5) is 26.2. The molecule has 1 aliphatic rings. The van der Waals surface area contributed by atoms with E-state index in [4.69, 9.17) is 23.7 Å². The highest BCUT2D eigenvalue weighted by atomic mass is 16.5. The first-order chi connectivity index (χ1) is 14.0. The van der Waals surface area contributed by atoms with Crippen LogP contribution < -0.4 is 18.9 Å². The highest BCUT2D eigenvalue weighted by Gasteiger charge is 2.39. The normalized spacial score (nSPS) is 18.2. The Balaban J connectivity index is 1.86. The maximum absolute atomic E-state index is 13.1. The monoisotopic (exact) mass is 400 g/mol. The van der Waals surface area contributed by atoms with Crippen LogP contribution in [-0.4, -0.2) is 53.2 Å². The van der Waals surface area contributed by atoms with E-state index in [0.717, 1.165) is 0 Å². The SMILES string of the molecule is COc1ccc(C(=O)[C@H]2COC[C@@H]2C(=O)c2ccc(OC)c(OC)c2)cc1OC. The van der Waals surface area contributed by atoms with E-state index in [-0.39, 0.29) is 24.8 Å². The molecule has 2 atom stereocenters. The van der Waals surface area contributed by atoms with Crippen LogP contribution in [0, 0.1) is 11.8 Å². The van der Waals surface area contributed by atoms with E-state index in [1.54, 1.807) is 36.4 Å². The second kappa shape index (κ2) is 8.96. The largest absolute Gasteiger partial charge is 0.493 e. The third-order valence-corrected chi connectivity index (χ3v) is 5.09. The van der Waals surface area contributed by atoms with E-state index in [9.17, 15) is 9.59 Å². The lowest BCUT2D eigenvalue weighted by Gasteiger charge is -2.17. The molecule has 0 amide bonds. The fourth-order valence-corrected chi connectivity index (χ4v) is 3.48. The topological polar surface area (TPSA) is 80.3 Å². The smallest absolute Gasteiger partial charge is 0.169 e. The molecule has 1 fully saturated rings. The first-order valence-electron chi connectivity index (χ1n) is 9.14. The third kappa shape index (κ3) is 4.05. The lowest BCUT2D eigenvalue weighted by molar-refractivity contribution is 0.0808. The summed E-state index contributed by atoms with van der Waals surface area (Å²) in [5.41, 5.74) is 0.895. The zero-order valence-electron chi connectivity index (χ0n) is 16.9. The summed E-state index contributed by atoms with van der Waals surface area (Å²) in [6.45, 7) is 0.383. The van der Waals surface area contributed by atoms with Gasteiger partial charge in [0.2, 0.25) is 0 Å². The van der Waals surface area contributed by atoms with Crippen molar-refractivity contribution in [1.29, 1.82) is 0 Å². The fraction of sp³-hybridized carbons (Fsp3) is 0.364. The van der Waals surface area contributed by atoms with Gasteiger partial charge in [-0.15, -0.1) is 0 Å². The summed E-state index contributed by atoms with van der Waals surface area (Å²) < 4.78 is 26.5. The molecule has 29 heavy (non-hydrogen) atoms. The van der Waals surface area contributed by atoms with Crippen molar-refractivity contribution in [1.82, 2.24) is 0 Å². The van der Waals surface area contributed by atoms with Crippen LogP contribution in [0.3, 0.4) is 0 Å². The number of carbonyl (C=O) groups excluding carboxylic acids is 2. The molecular formula is C22H24O7. The lowest BCUT2D eigenvalue weighted by Crippen LogP contribution is -2.29. The predicted molar refractivity (Wildman–Crippen MR) is 106 cm³/mol. The zero-order chi connectivity index (χ0) is 21.0. The van der Waals surface area contributed by atoms with Crippen LogP contribution in [0.15, 0.2) is 36.4 Å². The maximum atomic E-state index is 13.1. The van der Waals surface area contributed by atoms with Gasteiger partial charge in [-0.2, -0.15) is 0 Å². The molecule has 0 aromatic heterocycles. The van der Waals surface area contributed by atoms with Gasteiger partial charge in [-0.25, -0.2) is 0 Å². The summed E-state index contributed by atoms with van der Waals surface area (Å²) in [5, 5.41) is 0. The molecule has 7 heteroatoms. The molecule has 1 saturated heterocycles. The Kier molecular flexibility index (Phi) is 6.39. The van der Waals surface area contributed by atoms with Gasteiger partial charge in [0.05, 0.1) is 53.5 Å². The van der Waals surface area contributed by atoms with Crippen LogP contribution in [0.4, 0.5) is 0 Å². The Morgan fingerprint density at radius 3 is 1.41 bits per heavy atom. The molecule has 0 N–H and O–H groups in total. The van der Waals surface area contributed by atoms with Crippen LogP contribution in [0.1, 0.15) is 20.7 Å². The Labute approximate surface area is 169 Å². The van der Waals surface area contributed by atoms with Crippen molar-refractivity contribution < 1.29 is 33.3 Å². The van der Waals surface area contributed by atoms with Crippen molar-refractivity contribution in [3.05, 3.63) is 47.5 Å². The van der Waals surface area contributed by atoms with Gasteiger partial charge in [-0.3, -0.25) is 9.59 Å². The summed E-state index contributed by atoms with van der Waals surface area (Å²) in [7, 11) is 6.08. The molecule has 2 aromatic rings. The molecular weight excluding hydrogens is 376 g/mol. The van der Waals surface area contributed by atoms with E-state index < -0.39 is 11.8 Å². The minimum Gasteiger partial charge on any atom is -0.493 e. The van der Waals surface area contributed by atoms with E-state index >= 15 is 0 Å². The molecule has 0 spiro atoms. The van der Waals surface area contributed by atoms with Crippen molar-refractivity contribution >= 4 is 11.6 Å². The molecule has 3 rings (SSSR count). The van der Waals surface area contributed by atoms with Crippen LogP contribution in [0.2, 0.25) is 0 Å². The molecule has 0 saturated carbocycles. The number of carbonyl (C=O) groups is 2. The molecule has 0 unspecified atom stereocenters. The second-order valence-corrected chi connectivity index (χ2v) is 6.62. The van der Waals surface area contributed by atoms with Gasteiger partial charge < -0.3 is 23.7 Å². The van der Waals surface area contributed by atoms with E-state index in [2.05, 4.69) is 0 Å². The molecule has 1 aliphatic heterocycles. The molecule has 2 aromatic carbocycles. The number of benzene rings is 2. The summed E-state index contributed by atoms with van der Waals surface area (Å²) in [5.74, 6) is 0.501. The van der Waals surface area contributed by atoms with Gasteiger partial charge in [0, 0.05) is 11.1 Å². The van der Waals surface area contributed by atoms with E-state index in [1.807, 2.05) is 0 Å². The number of rotatable bonds is 8. The highest BCUT2D eigenvalue weighted by Crippen LogP contribution is 2.34. The molecule has 1 heterocycles. The van der Waals surface area contributed by atoms with Gasteiger partial charge in [0.1, 0.15) is 0 Å². The lowest BCUT2D eigenvalue weighted by atomic mass is 9.83. The first kappa shape index (κ1) is 20.7. The van der Waals surface area contributed by atoms with Crippen LogP contribution >= 0.6 is 0 Å². The number of hydrogen-bond donors (Lipinski definition) is 0. The van der Waals surface area contributed by atoms with E-state index in [0.29, 0.717) is 34.1 Å². The van der Waals surface area contributed by atoms with Crippen molar-refractivity contribution in [2.24, 2.45) is 11.8 Å². The van der Waals surface area contributed by atoms with Crippen LogP contribution in [0.5, 0.6) is 23.0 Å². The molecule has 0 aliphatic carbocycles. The fourth-order valence-electron chi connectivity index (χ4n) is 3.48. The molecule has 154 valence electrons. The second-order valence-electron chi connectivity index (χ2n) is 6.62. The number of methoxy groups -OCH3 is 4. The van der Waals surface area contributed by atoms with Crippen molar-refractivity contribution in [3.8, 4) is 23.0 Å². The molecule has 7 nitrogen and oxygen atoms in total. The van der Waals surface area contributed by atoms with Crippen molar-refractivity contribution in [2.75, 3.05) is 41.7 Å². The van der Waals surface area contributed by atoms with Crippen LogP contribution in [0.25, 0.3) is 0 Å². The minimum atomic E-state index is -0.575. The summed E-state index contributed by atoms with van der Waals surface area (Å²) in [6.07, 6.45) is 0. The van der Waals surface area contributed by atoms with Crippen LogP contribution in [-0.2, 0) is 4.74 Å². The Bertz CT molecular complexity index is 833. The number of ether oxygens (including phenoxy) is 5. The predicted octanol–water partition coefficient (Wildman–Crippen LogP) is 3.05. The first-order valence-corrected chi connectivity index (χ1v) is 9.14. The van der Waals surface area contributed by atoms with Gasteiger partial charge in [0.25, 0.3) is 0 Å². The molecule has 0 bridgehead atoms. The average molecular weight is 400 g/mol. The zero-order valence-corrected chi connectivity index (χ0v) is 16.9. The summed E-state index contributed by atoms with van der Waals surface area (Å²) >= 11 is 0. The van der Waals surface area contributed by atoms with Gasteiger partial charge in [-0.1, -0.05) is 0 Å². The summed E-state index contributed by atoms with van der Waals surface area (Å²) in [6, 6.07) is 9.93. The average Bonchev–Trinajstić information content (AvgIpc) is 3.26. The van der Waals surface area contributed by atoms with E-state index in [1.165, 1.54) is 28.4 Å². The Morgan fingerprint density at radius 2 is 1.07 bits per heavy atom. The van der Waals surface area contributed by atoms with Crippen molar-refractivity contribution in [3.63, 3.8) is 0 Å². The van der Waals surface area contributed by atoms with Gasteiger partial charge >= 0.3 is 0 Å². The highest BCUT2D eigenvalue weighted by molar-refractivity contribution is 6.05. The Morgan fingerprint density at radius 1 is 0.690 bits per heavy atom. The van der Waals surface area contributed by atoms with Gasteiger partial charge in [0.15, 0.2) is 34.6 Å². The maximum Gasteiger partial charge on any atom is 0.169 e. The number of Topliss-reactive ketones (excluding diaryl/α,β-unsaturated/α-hetero) is 2. The quantitative estimate of drug-likeness (QED) is 0.630. The number of hydrogen-bond acceptors (Lipinski definition) is 7. The van der Waals surface area contributed by atoms with Crippen molar-refractivity contribution in [2.45, 2.75) is 0 Å². The third-order valence-electron chi connectivity index (χ3n) is 5.09. The van der Waals surface area contributed by atoms with Gasteiger partial charge in [-0.05, 0) is 36.4 Å². The Hall–Kier alpha value is -3.06. The molecule has 0 radical (unpaired) electrons. The standard InChI is InChI=1S/C22H24O7/c1-25-17-7-5-13(9-19(17)27-3)21(23)15-11-29-12-16(15)22(24)14-6-8-18(26-2)20(10-14)28-4/h5-10,15-16H,11-12H2,1-4H3/t15-,16-/m0/s1. The number of ketones is 2. The minimum absolute atomic E-state index is 0.165.